The fraction of sp³-hybridized carbons (Fsp3) is 0.889. The number of hydrogen-bond acceptors (Lipinski definition) is 1. The number of carbonyl (C=O) groups excluding carboxylic acids is 1. The molecule has 1 nitrogen and oxygen atoms in total. The average molecular weight is 175 g/mol. The van der Waals surface area contributed by atoms with E-state index in [2.05, 4.69) is 6.92 Å². The summed E-state index contributed by atoms with van der Waals surface area (Å²) >= 11 is 5.92. The van der Waals surface area contributed by atoms with Crippen molar-refractivity contribution in [1.82, 2.24) is 0 Å². The number of rotatable bonds is 2. The summed E-state index contributed by atoms with van der Waals surface area (Å²) < 4.78 is 0. The summed E-state index contributed by atoms with van der Waals surface area (Å²) in [5, 5.41) is -0.275. The van der Waals surface area contributed by atoms with E-state index >= 15 is 0 Å². The molecule has 1 saturated carbocycles. The molecule has 0 saturated heterocycles. The molecule has 0 bridgehead atoms. The molecule has 0 heterocycles. The van der Waals surface area contributed by atoms with Crippen molar-refractivity contribution >= 4 is 17.9 Å². The molecule has 0 aromatic heterocycles. The van der Waals surface area contributed by atoms with Gasteiger partial charge in [0.25, 0.3) is 0 Å². The number of carbonyl (C=O) groups is 1. The fourth-order valence-corrected chi connectivity index (χ4v) is 2.02. The Labute approximate surface area is 73.1 Å². The molecule has 1 atom stereocenters. The van der Waals surface area contributed by atoms with Crippen molar-refractivity contribution in [2.45, 2.75) is 44.4 Å². The Morgan fingerprint density at radius 3 is 2.36 bits per heavy atom. The molecule has 0 spiro atoms. The van der Waals surface area contributed by atoms with Crippen LogP contribution in [-0.4, -0.2) is 11.7 Å². The Bertz CT molecular complexity index is 138. The standard InChI is InChI=1S/C9H15ClO/c1-9(8(10)7-11)5-3-2-4-6-9/h7-8H,2-6H2,1H3. The molecule has 1 fully saturated rings. The molecule has 11 heavy (non-hydrogen) atoms. The Balaban J connectivity index is 2.55. The maximum atomic E-state index is 10.5. The number of hydrogen-bond donors (Lipinski definition) is 0. The van der Waals surface area contributed by atoms with E-state index in [1.807, 2.05) is 0 Å². The lowest BCUT2D eigenvalue weighted by Gasteiger charge is -2.34. The van der Waals surface area contributed by atoms with Crippen LogP contribution in [0.1, 0.15) is 39.0 Å². The van der Waals surface area contributed by atoms with Gasteiger partial charge in [-0.1, -0.05) is 26.2 Å². The minimum Gasteiger partial charge on any atom is -0.302 e. The molecular formula is C9H15ClO. The van der Waals surface area contributed by atoms with Crippen molar-refractivity contribution < 1.29 is 4.79 Å². The van der Waals surface area contributed by atoms with Crippen molar-refractivity contribution in [2.24, 2.45) is 5.41 Å². The van der Waals surface area contributed by atoms with Crippen LogP contribution in [0.15, 0.2) is 0 Å². The van der Waals surface area contributed by atoms with Gasteiger partial charge in [-0.25, -0.2) is 0 Å². The molecule has 1 aliphatic rings. The maximum absolute atomic E-state index is 10.5. The third kappa shape index (κ3) is 1.96. The Hall–Kier alpha value is -0.0400. The second-order valence-corrected chi connectivity index (χ2v) is 4.22. The molecule has 0 radical (unpaired) electrons. The van der Waals surface area contributed by atoms with Gasteiger partial charge in [-0.05, 0) is 18.3 Å². The van der Waals surface area contributed by atoms with E-state index in [1.165, 1.54) is 19.3 Å². The number of halogens is 1. The van der Waals surface area contributed by atoms with Gasteiger partial charge in [0.2, 0.25) is 0 Å². The van der Waals surface area contributed by atoms with Gasteiger partial charge in [0.1, 0.15) is 6.29 Å². The first-order chi connectivity index (χ1) is 5.19. The zero-order valence-corrected chi connectivity index (χ0v) is 7.73. The van der Waals surface area contributed by atoms with Gasteiger partial charge in [0.05, 0.1) is 5.38 Å². The topological polar surface area (TPSA) is 17.1 Å². The molecule has 0 aliphatic heterocycles. The monoisotopic (exact) mass is 174 g/mol. The van der Waals surface area contributed by atoms with Crippen molar-refractivity contribution in [1.29, 1.82) is 0 Å². The van der Waals surface area contributed by atoms with E-state index in [0.29, 0.717) is 0 Å². The van der Waals surface area contributed by atoms with E-state index in [4.69, 9.17) is 11.6 Å². The summed E-state index contributed by atoms with van der Waals surface area (Å²) in [4.78, 5) is 10.5. The van der Waals surface area contributed by atoms with Crippen LogP contribution in [0.25, 0.3) is 0 Å². The van der Waals surface area contributed by atoms with Crippen LogP contribution in [0, 0.1) is 5.41 Å². The van der Waals surface area contributed by atoms with E-state index in [1.54, 1.807) is 0 Å². The predicted molar refractivity (Wildman–Crippen MR) is 46.9 cm³/mol. The van der Waals surface area contributed by atoms with Crippen LogP contribution in [-0.2, 0) is 4.79 Å². The lowest BCUT2D eigenvalue weighted by Crippen LogP contribution is -2.31. The molecule has 0 aromatic carbocycles. The smallest absolute Gasteiger partial charge is 0.138 e. The summed E-state index contributed by atoms with van der Waals surface area (Å²) in [5.74, 6) is 0. The van der Waals surface area contributed by atoms with E-state index in [-0.39, 0.29) is 10.8 Å². The van der Waals surface area contributed by atoms with E-state index in [9.17, 15) is 4.79 Å². The minimum absolute atomic E-state index is 0.0849. The van der Waals surface area contributed by atoms with Crippen molar-refractivity contribution in [3.63, 3.8) is 0 Å². The van der Waals surface area contributed by atoms with Crippen LogP contribution >= 0.6 is 11.6 Å². The van der Waals surface area contributed by atoms with Gasteiger partial charge in [-0.3, -0.25) is 0 Å². The molecule has 0 amide bonds. The highest BCUT2D eigenvalue weighted by molar-refractivity contribution is 6.28. The molecule has 0 N–H and O–H groups in total. The minimum atomic E-state index is -0.275. The number of aldehydes is 1. The van der Waals surface area contributed by atoms with Crippen LogP contribution in [0.4, 0.5) is 0 Å². The molecular weight excluding hydrogens is 160 g/mol. The van der Waals surface area contributed by atoms with Gasteiger partial charge in [0.15, 0.2) is 0 Å². The van der Waals surface area contributed by atoms with E-state index in [0.717, 1.165) is 19.1 Å². The maximum Gasteiger partial charge on any atom is 0.138 e. The Morgan fingerprint density at radius 1 is 1.36 bits per heavy atom. The van der Waals surface area contributed by atoms with Gasteiger partial charge in [-0.2, -0.15) is 0 Å². The number of alkyl halides is 1. The SMILES string of the molecule is CC1(C(Cl)C=O)CCCCC1. The van der Waals surface area contributed by atoms with Crippen LogP contribution in [0.2, 0.25) is 0 Å². The first kappa shape index (κ1) is 9.05. The third-order valence-corrected chi connectivity index (χ3v) is 3.41. The summed E-state index contributed by atoms with van der Waals surface area (Å²) in [6.45, 7) is 2.12. The first-order valence-electron chi connectivity index (χ1n) is 4.28. The Morgan fingerprint density at radius 2 is 1.91 bits per heavy atom. The summed E-state index contributed by atoms with van der Waals surface area (Å²) in [5.41, 5.74) is 0.0849. The average Bonchev–Trinajstić information content (AvgIpc) is 2.04. The summed E-state index contributed by atoms with van der Waals surface area (Å²) in [6.07, 6.45) is 6.87. The highest BCUT2D eigenvalue weighted by Gasteiger charge is 2.33. The summed E-state index contributed by atoms with van der Waals surface area (Å²) in [6, 6.07) is 0. The van der Waals surface area contributed by atoms with Crippen molar-refractivity contribution in [3.8, 4) is 0 Å². The zero-order chi connectivity index (χ0) is 8.32. The third-order valence-electron chi connectivity index (χ3n) is 2.78. The predicted octanol–water partition coefficient (Wildman–Crippen LogP) is 2.76. The van der Waals surface area contributed by atoms with Crippen LogP contribution in [0.3, 0.4) is 0 Å². The lowest BCUT2D eigenvalue weighted by atomic mass is 9.73. The molecule has 0 aromatic rings. The normalized spacial score (nSPS) is 26.0. The zero-order valence-electron chi connectivity index (χ0n) is 6.98. The second-order valence-electron chi connectivity index (χ2n) is 3.75. The van der Waals surface area contributed by atoms with E-state index < -0.39 is 0 Å². The second kappa shape index (κ2) is 3.57. The van der Waals surface area contributed by atoms with Gasteiger partial charge >= 0.3 is 0 Å². The van der Waals surface area contributed by atoms with Crippen LogP contribution in [0.5, 0.6) is 0 Å². The quantitative estimate of drug-likeness (QED) is 0.465. The van der Waals surface area contributed by atoms with Gasteiger partial charge in [0, 0.05) is 0 Å². The fourth-order valence-electron chi connectivity index (χ4n) is 1.80. The molecule has 1 unspecified atom stereocenters. The molecule has 64 valence electrons. The van der Waals surface area contributed by atoms with Crippen molar-refractivity contribution in [3.05, 3.63) is 0 Å². The van der Waals surface area contributed by atoms with Crippen LogP contribution < -0.4 is 0 Å². The first-order valence-corrected chi connectivity index (χ1v) is 4.72. The highest BCUT2D eigenvalue weighted by atomic mass is 35.5. The van der Waals surface area contributed by atoms with Gasteiger partial charge < -0.3 is 4.79 Å². The Kier molecular flexibility index (Phi) is 2.94. The lowest BCUT2D eigenvalue weighted by molar-refractivity contribution is -0.109. The summed E-state index contributed by atoms with van der Waals surface area (Å²) in [7, 11) is 0. The molecule has 1 aliphatic carbocycles. The van der Waals surface area contributed by atoms with Gasteiger partial charge in [-0.15, -0.1) is 11.6 Å². The van der Waals surface area contributed by atoms with Crippen molar-refractivity contribution in [2.75, 3.05) is 0 Å². The highest BCUT2D eigenvalue weighted by Crippen LogP contribution is 2.40. The molecule has 2 heteroatoms. The molecule has 1 rings (SSSR count). The largest absolute Gasteiger partial charge is 0.302 e.